The van der Waals surface area contributed by atoms with E-state index in [0.29, 0.717) is 13.2 Å². The van der Waals surface area contributed by atoms with Gasteiger partial charge >= 0.3 is 0 Å². The molecule has 2 aromatic rings. The SMILES string of the molecule is Cc1ccn(CCOc2ccccc2CN)n1. The fraction of sp³-hybridized carbons (Fsp3) is 0.308. The highest BCUT2D eigenvalue weighted by Crippen LogP contribution is 2.16. The molecule has 0 fully saturated rings. The summed E-state index contributed by atoms with van der Waals surface area (Å²) >= 11 is 0. The topological polar surface area (TPSA) is 53.1 Å². The molecule has 0 aliphatic carbocycles. The van der Waals surface area contributed by atoms with Crippen molar-refractivity contribution in [3.63, 3.8) is 0 Å². The van der Waals surface area contributed by atoms with Gasteiger partial charge in [0.1, 0.15) is 12.4 Å². The molecule has 0 unspecified atom stereocenters. The maximum absolute atomic E-state index is 5.70. The number of para-hydroxylation sites is 1. The van der Waals surface area contributed by atoms with Crippen LogP contribution in [-0.4, -0.2) is 16.4 Å². The third kappa shape index (κ3) is 3.07. The predicted molar refractivity (Wildman–Crippen MR) is 66.8 cm³/mol. The van der Waals surface area contributed by atoms with Crippen molar-refractivity contribution >= 4 is 0 Å². The summed E-state index contributed by atoms with van der Waals surface area (Å²) in [5, 5.41) is 4.30. The Labute approximate surface area is 101 Å². The fourth-order valence-electron chi connectivity index (χ4n) is 1.65. The van der Waals surface area contributed by atoms with Gasteiger partial charge in [0.05, 0.1) is 12.2 Å². The number of nitrogens with two attached hydrogens (primary N) is 1. The Morgan fingerprint density at radius 3 is 2.82 bits per heavy atom. The molecule has 90 valence electrons. The molecule has 2 N–H and O–H groups in total. The maximum Gasteiger partial charge on any atom is 0.123 e. The number of rotatable bonds is 5. The normalized spacial score (nSPS) is 10.5. The van der Waals surface area contributed by atoms with Crippen molar-refractivity contribution in [1.29, 1.82) is 0 Å². The van der Waals surface area contributed by atoms with E-state index in [9.17, 15) is 0 Å². The van der Waals surface area contributed by atoms with Crippen molar-refractivity contribution in [2.75, 3.05) is 6.61 Å². The molecule has 0 aliphatic heterocycles. The van der Waals surface area contributed by atoms with Gasteiger partial charge in [-0.2, -0.15) is 5.10 Å². The number of benzene rings is 1. The number of nitrogens with zero attached hydrogens (tertiary/aromatic N) is 2. The van der Waals surface area contributed by atoms with E-state index in [2.05, 4.69) is 5.10 Å². The summed E-state index contributed by atoms with van der Waals surface area (Å²) in [6.45, 7) is 3.81. The van der Waals surface area contributed by atoms with Crippen LogP contribution in [-0.2, 0) is 13.1 Å². The minimum atomic E-state index is 0.497. The van der Waals surface area contributed by atoms with E-state index < -0.39 is 0 Å². The van der Waals surface area contributed by atoms with Crippen molar-refractivity contribution in [2.45, 2.75) is 20.0 Å². The van der Waals surface area contributed by atoms with E-state index in [4.69, 9.17) is 10.5 Å². The Morgan fingerprint density at radius 1 is 1.29 bits per heavy atom. The van der Waals surface area contributed by atoms with Crippen LogP contribution in [0.1, 0.15) is 11.3 Å². The van der Waals surface area contributed by atoms with Crippen LogP contribution >= 0.6 is 0 Å². The lowest BCUT2D eigenvalue weighted by Crippen LogP contribution is -2.10. The van der Waals surface area contributed by atoms with Crippen LogP contribution < -0.4 is 10.5 Å². The zero-order valence-electron chi connectivity index (χ0n) is 9.97. The molecule has 0 saturated carbocycles. The number of hydrogen-bond donors (Lipinski definition) is 1. The molecule has 0 radical (unpaired) electrons. The van der Waals surface area contributed by atoms with Crippen molar-refractivity contribution in [1.82, 2.24) is 9.78 Å². The molecular weight excluding hydrogens is 214 g/mol. The molecule has 0 spiro atoms. The Bertz CT molecular complexity index is 479. The molecule has 0 atom stereocenters. The second-order valence-corrected chi connectivity index (χ2v) is 3.88. The van der Waals surface area contributed by atoms with E-state index in [0.717, 1.165) is 23.6 Å². The van der Waals surface area contributed by atoms with Crippen LogP contribution in [0.25, 0.3) is 0 Å². The molecule has 4 heteroatoms. The highest BCUT2D eigenvalue weighted by Gasteiger charge is 2.01. The van der Waals surface area contributed by atoms with Gasteiger partial charge in [-0.05, 0) is 19.1 Å². The molecule has 0 amide bonds. The fourth-order valence-corrected chi connectivity index (χ4v) is 1.65. The van der Waals surface area contributed by atoms with Gasteiger partial charge in [-0.3, -0.25) is 4.68 Å². The van der Waals surface area contributed by atoms with Crippen LogP contribution in [0, 0.1) is 6.92 Å². The zero-order valence-corrected chi connectivity index (χ0v) is 9.97. The van der Waals surface area contributed by atoms with Gasteiger partial charge in [0.25, 0.3) is 0 Å². The second-order valence-electron chi connectivity index (χ2n) is 3.88. The first-order valence-electron chi connectivity index (χ1n) is 5.70. The monoisotopic (exact) mass is 231 g/mol. The Hall–Kier alpha value is -1.81. The molecule has 2 rings (SSSR count). The smallest absolute Gasteiger partial charge is 0.123 e. The van der Waals surface area contributed by atoms with Crippen LogP contribution in [0.3, 0.4) is 0 Å². The summed E-state index contributed by atoms with van der Waals surface area (Å²) in [4.78, 5) is 0. The molecule has 4 nitrogen and oxygen atoms in total. The molecule has 0 bridgehead atoms. The van der Waals surface area contributed by atoms with Gasteiger partial charge < -0.3 is 10.5 Å². The molecule has 1 aromatic carbocycles. The average molecular weight is 231 g/mol. The van der Waals surface area contributed by atoms with Crippen LogP contribution in [0.5, 0.6) is 5.75 Å². The van der Waals surface area contributed by atoms with Gasteiger partial charge in [0.2, 0.25) is 0 Å². The van der Waals surface area contributed by atoms with Crippen molar-refractivity contribution in [3.8, 4) is 5.75 Å². The van der Waals surface area contributed by atoms with Crippen LogP contribution in [0.15, 0.2) is 36.5 Å². The van der Waals surface area contributed by atoms with Gasteiger partial charge in [-0.1, -0.05) is 18.2 Å². The maximum atomic E-state index is 5.70. The first-order valence-corrected chi connectivity index (χ1v) is 5.70. The molecule has 1 heterocycles. The van der Waals surface area contributed by atoms with E-state index in [-0.39, 0.29) is 0 Å². The first kappa shape index (κ1) is 11.7. The van der Waals surface area contributed by atoms with E-state index in [1.165, 1.54) is 0 Å². The van der Waals surface area contributed by atoms with Crippen molar-refractivity contribution in [2.24, 2.45) is 5.73 Å². The van der Waals surface area contributed by atoms with Crippen LogP contribution in [0.2, 0.25) is 0 Å². The van der Waals surface area contributed by atoms with Crippen molar-refractivity contribution in [3.05, 3.63) is 47.8 Å². The highest BCUT2D eigenvalue weighted by molar-refractivity contribution is 5.32. The van der Waals surface area contributed by atoms with Gasteiger partial charge in [-0.15, -0.1) is 0 Å². The highest BCUT2D eigenvalue weighted by atomic mass is 16.5. The quantitative estimate of drug-likeness (QED) is 0.852. The number of hydrogen-bond acceptors (Lipinski definition) is 3. The summed E-state index contributed by atoms with van der Waals surface area (Å²) < 4.78 is 7.58. The third-order valence-electron chi connectivity index (χ3n) is 2.54. The Balaban J connectivity index is 1.89. The summed E-state index contributed by atoms with van der Waals surface area (Å²) in [6.07, 6.45) is 1.95. The Kier molecular flexibility index (Phi) is 3.77. The molecular formula is C13H17N3O. The summed E-state index contributed by atoms with van der Waals surface area (Å²) in [6, 6.07) is 9.82. The predicted octanol–water partition coefficient (Wildman–Crippen LogP) is 1.73. The third-order valence-corrected chi connectivity index (χ3v) is 2.54. The molecule has 1 aromatic heterocycles. The minimum absolute atomic E-state index is 0.497. The minimum Gasteiger partial charge on any atom is -0.491 e. The summed E-state index contributed by atoms with van der Waals surface area (Å²) in [5.74, 6) is 0.860. The standard InChI is InChI=1S/C13H17N3O/c1-11-6-7-16(15-11)8-9-17-13-5-3-2-4-12(13)10-14/h2-7H,8-10,14H2,1H3. The molecule has 0 saturated heterocycles. The number of aryl methyl sites for hydroxylation is 1. The van der Waals surface area contributed by atoms with E-state index in [1.54, 1.807) is 0 Å². The summed E-state index contributed by atoms with van der Waals surface area (Å²) in [7, 11) is 0. The first-order chi connectivity index (χ1) is 8.29. The average Bonchev–Trinajstić information content (AvgIpc) is 2.76. The lowest BCUT2D eigenvalue weighted by Gasteiger charge is -2.09. The van der Waals surface area contributed by atoms with Gasteiger partial charge in [-0.25, -0.2) is 0 Å². The van der Waals surface area contributed by atoms with Crippen LogP contribution in [0.4, 0.5) is 0 Å². The van der Waals surface area contributed by atoms with Crippen molar-refractivity contribution < 1.29 is 4.74 Å². The molecule has 17 heavy (non-hydrogen) atoms. The van der Waals surface area contributed by atoms with Gasteiger partial charge in [0, 0.05) is 18.3 Å². The molecule has 0 aliphatic rings. The lowest BCUT2D eigenvalue weighted by molar-refractivity contribution is 0.288. The van der Waals surface area contributed by atoms with E-state index in [1.807, 2.05) is 48.1 Å². The summed E-state index contributed by atoms with van der Waals surface area (Å²) in [5.41, 5.74) is 7.69. The second kappa shape index (κ2) is 5.50. The van der Waals surface area contributed by atoms with E-state index >= 15 is 0 Å². The number of ether oxygens (including phenoxy) is 1. The Morgan fingerprint density at radius 2 is 2.12 bits per heavy atom. The number of aromatic nitrogens is 2. The largest absolute Gasteiger partial charge is 0.491 e. The van der Waals surface area contributed by atoms with Gasteiger partial charge in [0.15, 0.2) is 0 Å². The zero-order chi connectivity index (χ0) is 12.1. The lowest BCUT2D eigenvalue weighted by atomic mass is 10.2.